The number of hydrogen-bond acceptors (Lipinski definition) is 3. The van der Waals surface area contributed by atoms with Crippen LogP contribution in [0.15, 0.2) is 5.38 Å². The lowest BCUT2D eigenvalue weighted by Gasteiger charge is -2.16. The van der Waals surface area contributed by atoms with Crippen LogP contribution in [0.3, 0.4) is 0 Å². The van der Waals surface area contributed by atoms with Crippen molar-refractivity contribution in [1.29, 1.82) is 0 Å². The van der Waals surface area contributed by atoms with Crippen LogP contribution in [-0.4, -0.2) is 23.7 Å². The lowest BCUT2D eigenvalue weighted by atomic mass is 9.95. The molecule has 0 bridgehead atoms. The quantitative estimate of drug-likeness (QED) is 0.893. The van der Waals surface area contributed by atoms with E-state index < -0.39 is 0 Å². The highest BCUT2D eigenvalue weighted by molar-refractivity contribution is 7.10. The first-order valence-electron chi connectivity index (χ1n) is 7.31. The highest BCUT2D eigenvalue weighted by Crippen LogP contribution is 2.30. The van der Waals surface area contributed by atoms with Crippen molar-refractivity contribution >= 4 is 17.2 Å². The molecule has 4 heteroatoms. The van der Waals surface area contributed by atoms with E-state index in [-0.39, 0.29) is 17.9 Å². The highest BCUT2D eigenvalue weighted by atomic mass is 32.1. The lowest BCUT2D eigenvalue weighted by Crippen LogP contribution is -2.32. The summed E-state index contributed by atoms with van der Waals surface area (Å²) in [6.07, 6.45) is 7.40. The number of carbonyl (C=O) groups excluding carboxylic acids is 1. The third kappa shape index (κ3) is 2.70. The second-order valence-corrected chi connectivity index (χ2v) is 6.69. The fraction of sp³-hybridized carbons (Fsp3) is 0.667. The summed E-state index contributed by atoms with van der Waals surface area (Å²) in [6.45, 7) is 0.616. The molecule has 3 rings (SSSR count). The van der Waals surface area contributed by atoms with E-state index in [1.54, 1.807) is 11.3 Å². The molecule has 1 saturated carbocycles. The molecule has 0 radical (unpaired) electrons. The minimum absolute atomic E-state index is 0.0542. The fourth-order valence-corrected chi connectivity index (χ4v) is 4.38. The van der Waals surface area contributed by atoms with Crippen molar-refractivity contribution in [1.82, 2.24) is 5.32 Å². The van der Waals surface area contributed by atoms with Crippen LogP contribution < -0.4 is 5.32 Å². The van der Waals surface area contributed by atoms with Gasteiger partial charge in [0.1, 0.15) is 0 Å². The van der Waals surface area contributed by atoms with Crippen LogP contribution in [0.4, 0.5) is 0 Å². The maximum Gasteiger partial charge on any atom is 0.252 e. The molecule has 2 unspecified atom stereocenters. The summed E-state index contributed by atoms with van der Waals surface area (Å²) in [6, 6.07) is 0. The van der Waals surface area contributed by atoms with Crippen molar-refractivity contribution in [2.45, 2.75) is 51.0 Å². The third-order valence-corrected chi connectivity index (χ3v) is 5.54. The number of aliphatic hydroxyl groups is 1. The molecule has 2 N–H and O–H groups in total. The smallest absolute Gasteiger partial charge is 0.252 e. The maximum absolute atomic E-state index is 12.3. The molecule has 0 saturated heterocycles. The molecule has 1 aromatic rings. The number of rotatable bonds is 3. The predicted octanol–water partition coefficient (Wildman–Crippen LogP) is 2.52. The van der Waals surface area contributed by atoms with Gasteiger partial charge < -0.3 is 10.4 Å². The maximum atomic E-state index is 12.3. The van der Waals surface area contributed by atoms with E-state index in [0.717, 1.165) is 37.7 Å². The van der Waals surface area contributed by atoms with Crippen LogP contribution in [0.2, 0.25) is 0 Å². The Morgan fingerprint density at radius 2 is 2.16 bits per heavy atom. The molecule has 104 valence electrons. The molecule has 0 spiro atoms. The van der Waals surface area contributed by atoms with Gasteiger partial charge in [0, 0.05) is 22.7 Å². The Bertz CT molecular complexity index is 469. The average molecular weight is 279 g/mol. The highest BCUT2D eigenvalue weighted by Gasteiger charge is 2.26. The zero-order valence-electron chi connectivity index (χ0n) is 11.2. The number of amides is 1. The molecular weight excluding hydrogens is 258 g/mol. The third-order valence-electron chi connectivity index (χ3n) is 4.45. The first kappa shape index (κ1) is 13.1. The van der Waals surface area contributed by atoms with Gasteiger partial charge in [0.05, 0.1) is 11.7 Å². The van der Waals surface area contributed by atoms with Gasteiger partial charge in [-0.1, -0.05) is 6.42 Å². The molecular formula is C15H21NO2S. The summed E-state index contributed by atoms with van der Waals surface area (Å²) in [4.78, 5) is 13.7. The van der Waals surface area contributed by atoms with Crippen molar-refractivity contribution < 1.29 is 9.90 Å². The lowest BCUT2D eigenvalue weighted by molar-refractivity contribution is 0.0916. The summed E-state index contributed by atoms with van der Waals surface area (Å²) < 4.78 is 0. The molecule has 1 amide bonds. The minimum Gasteiger partial charge on any atom is -0.393 e. The Balaban J connectivity index is 1.62. The van der Waals surface area contributed by atoms with E-state index in [1.807, 2.05) is 5.38 Å². The van der Waals surface area contributed by atoms with Crippen LogP contribution in [0.5, 0.6) is 0 Å². The van der Waals surface area contributed by atoms with Crippen LogP contribution in [0, 0.1) is 5.92 Å². The van der Waals surface area contributed by atoms with E-state index in [4.69, 9.17) is 0 Å². The largest absolute Gasteiger partial charge is 0.393 e. The summed E-state index contributed by atoms with van der Waals surface area (Å²) in [5, 5.41) is 14.8. The number of hydrogen-bond donors (Lipinski definition) is 2. The number of aryl methyl sites for hydroxylation is 1. The van der Waals surface area contributed by atoms with Gasteiger partial charge in [-0.05, 0) is 44.1 Å². The van der Waals surface area contributed by atoms with Crippen LogP contribution in [0.25, 0.3) is 0 Å². The number of fused-ring (bicyclic) bond motifs is 1. The zero-order chi connectivity index (χ0) is 13.2. The Hall–Kier alpha value is -0.870. The van der Waals surface area contributed by atoms with E-state index >= 15 is 0 Å². The van der Waals surface area contributed by atoms with Crippen molar-refractivity contribution in [2.24, 2.45) is 5.92 Å². The number of aliphatic hydroxyl groups excluding tert-OH is 1. The number of nitrogens with one attached hydrogen (secondary N) is 1. The Morgan fingerprint density at radius 1 is 1.32 bits per heavy atom. The fourth-order valence-electron chi connectivity index (χ4n) is 3.26. The van der Waals surface area contributed by atoms with Gasteiger partial charge in [0.25, 0.3) is 5.91 Å². The van der Waals surface area contributed by atoms with Crippen LogP contribution in [0.1, 0.15) is 52.9 Å². The molecule has 19 heavy (non-hydrogen) atoms. The number of thiophene rings is 1. The normalized spacial score (nSPS) is 26.2. The SMILES string of the molecule is O=C(NCC1CCCC1O)c1csc2c1CCCC2. The zero-order valence-corrected chi connectivity index (χ0v) is 12.0. The van der Waals surface area contributed by atoms with E-state index in [9.17, 15) is 9.90 Å². The summed E-state index contributed by atoms with van der Waals surface area (Å²) >= 11 is 1.73. The molecule has 0 aromatic carbocycles. The van der Waals surface area contributed by atoms with Crippen molar-refractivity contribution in [2.75, 3.05) is 6.54 Å². The first-order chi connectivity index (χ1) is 9.25. The predicted molar refractivity (Wildman–Crippen MR) is 76.6 cm³/mol. The van der Waals surface area contributed by atoms with Gasteiger partial charge in [-0.15, -0.1) is 11.3 Å². The first-order valence-corrected chi connectivity index (χ1v) is 8.19. The number of carbonyl (C=O) groups is 1. The monoisotopic (exact) mass is 279 g/mol. The van der Waals surface area contributed by atoms with Crippen LogP contribution in [-0.2, 0) is 12.8 Å². The van der Waals surface area contributed by atoms with Gasteiger partial charge in [-0.2, -0.15) is 0 Å². The van der Waals surface area contributed by atoms with Crippen molar-refractivity contribution in [3.63, 3.8) is 0 Å². The second-order valence-electron chi connectivity index (χ2n) is 5.73. The Labute approximate surface area is 118 Å². The van der Waals surface area contributed by atoms with Gasteiger partial charge in [-0.3, -0.25) is 4.79 Å². The Kier molecular flexibility index (Phi) is 3.89. The van der Waals surface area contributed by atoms with Gasteiger partial charge in [0.2, 0.25) is 0 Å². The van der Waals surface area contributed by atoms with Crippen LogP contribution >= 0.6 is 11.3 Å². The molecule has 1 aromatic heterocycles. The summed E-state index contributed by atoms with van der Waals surface area (Å²) in [5.74, 6) is 0.303. The Morgan fingerprint density at radius 3 is 2.95 bits per heavy atom. The van der Waals surface area contributed by atoms with Gasteiger partial charge in [0.15, 0.2) is 0 Å². The van der Waals surface area contributed by atoms with Gasteiger partial charge >= 0.3 is 0 Å². The molecule has 0 aliphatic heterocycles. The summed E-state index contributed by atoms with van der Waals surface area (Å²) in [5.41, 5.74) is 2.16. The molecule has 3 nitrogen and oxygen atoms in total. The van der Waals surface area contributed by atoms with Crippen molar-refractivity contribution in [3.05, 3.63) is 21.4 Å². The van der Waals surface area contributed by atoms with Crippen molar-refractivity contribution in [3.8, 4) is 0 Å². The van der Waals surface area contributed by atoms with E-state index in [2.05, 4.69) is 5.32 Å². The molecule has 1 fully saturated rings. The molecule has 2 atom stereocenters. The summed E-state index contributed by atoms with van der Waals surface area (Å²) in [7, 11) is 0. The topological polar surface area (TPSA) is 49.3 Å². The van der Waals surface area contributed by atoms with E-state index in [1.165, 1.54) is 23.3 Å². The standard InChI is InChI=1S/C15H21NO2S/c17-13-6-3-4-10(13)8-16-15(18)12-9-19-14-7-2-1-5-11(12)14/h9-10,13,17H,1-8H2,(H,16,18). The average Bonchev–Trinajstić information content (AvgIpc) is 3.02. The molecule has 2 aliphatic rings. The van der Waals surface area contributed by atoms with E-state index in [0.29, 0.717) is 6.54 Å². The molecule has 2 aliphatic carbocycles. The molecule has 1 heterocycles. The second kappa shape index (κ2) is 5.63. The minimum atomic E-state index is -0.225. The van der Waals surface area contributed by atoms with Gasteiger partial charge in [-0.25, -0.2) is 0 Å².